The van der Waals surface area contributed by atoms with Crippen LogP contribution in [0.1, 0.15) is 83.4 Å². The quantitative estimate of drug-likeness (QED) is 0.222. The SMILES string of the molecule is CCC(C)C(C)C.Cc1cc(C2CCNCC2)c(C)cc1Nc1ncc(Cl)c(Nc2ccccc2S(=O)(=O)C(C)C)n1. The third kappa shape index (κ3) is 8.68. The zero-order valence-electron chi connectivity index (χ0n) is 26.4. The number of hydrogen-bond acceptors (Lipinski definition) is 7. The number of aromatic nitrogens is 2. The number of nitrogens with one attached hydrogen (secondary N) is 3. The van der Waals surface area contributed by atoms with Gasteiger partial charge in [-0.05, 0) is 106 Å². The summed E-state index contributed by atoms with van der Waals surface area (Å²) in [5, 5.41) is 9.57. The van der Waals surface area contributed by atoms with Gasteiger partial charge in [-0.1, -0.05) is 63.9 Å². The van der Waals surface area contributed by atoms with Crippen LogP contribution in [0.3, 0.4) is 0 Å². The lowest BCUT2D eigenvalue weighted by Gasteiger charge is -2.25. The summed E-state index contributed by atoms with van der Waals surface area (Å²) in [5.41, 5.74) is 5.11. The summed E-state index contributed by atoms with van der Waals surface area (Å²) >= 11 is 6.37. The molecule has 0 spiro atoms. The molecular formula is C33H48ClN5O2S. The van der Waals surface area contributed by atoms with Gasteiger partial charge in [0.25, 0.3) is 0 Å². The van der Waals surface area contributed by atoms with E-state index in [1.807, 2.05) is 0 Å². The zero-order valence-corrected chi connectivity index (χ0v) is 28.0. The molecule has 42 heavy (non-hydrogen) atoms. The molecular weight excluding hydrogens is 566 g/mol. The third-order valence-corrected chi connectivity index (χ3v) is 10.7. The predicted octanol–water partition coefficient (Wildman–Crippen LogP) is 8.57. The van der Waals surface area contributed by atoms with Crippen molar-refractivity contribution in [3.63, 3.8) is 0 Å². The summed E-state index contributed by atoms with van der Waals surface area (Å²) in [5.74, 6) is 3.05. The molecule has 0 aliphatic carbocycles. The van der Waals surface area contributed by atoms with E-state index >= 15 is 0 Å². The van der Waals surface area contributed by atoms with Gasteiger partial charge in [0.15, 0.2) is 15.7 Å². The summed E-state index contributed by atoms with van der Waals surface area (Å²) < 4.78 is 25.7. The molecule has 0 amide bonds. The van der Waals surface area contributed by atoms with Crippen LogP contribution >= 0.6 is 11.6 Å². The van der Waals surface area contributed by atoms with Crippen molar-refractivity contribution in [1.82, 2.24) is 15.3 Å². The molecule has 4 rings (SSSR count). The van der Waals surface area contributed by atoms with Crippen molar-refractivity contribution in [1.29, 1.82) is 0 Å². The maximum absolute atomic E-state index is 12.8. The van der Waals surface area contributed by atoms with Crippen LogP contribution in [0.4, 0.5) is 23.1 Å². The normalized spacial score (nSPS) is 14.8. The van der Waals surface area contributed by atoms with Crippen molar-refractivity contribution in [3.05, 3.63) is 64.3 Å². The van der Waals surface area contributed by atoms with E-state index in [0.717, 1.165) is 49.0 Å². The Kier molecular flexibility index (Phi) is 12.2. The largest absolute Gasteiger partial charge is 0.338 e. The molecule has 1 aromatic heterocycles. The molecule has 2 aromatic carbocycles. The number of anilines is 4. The summed E-state index contributed by atoms with van der Waals surface area (Å²) in [6.07, 6.45) is 5.12. The van der Waals surface area contributed by atoms with Gasteiger partial charge in [-0.2, -0.15) is 4.98 Å². The van der Waals surface area contributed by atoms with Gasteiger partial charge in [0.05, 0.1) is 22.0 Å². The minimum Gasteiger partial charge on any atom is -0.338 e. The highest BCUT2D eigenvalue weighted by atomic mass is 35.5. The maximum atomic E-state index is 12.8. The summed E-state index contributed by atoms with van der Waals surface area (Å²) in [6, 6.07) is 11.2. The molecule has 1 saturated heterocycles. The molecule has 0 bridgehead atoms. The highest BCUT2D eigenvalue weighted by molar-refractivity contribution is 7.92. The van der Waals surface area contributed by atoms with E-state index < -0.39 is 15.1 Å². The number of piperidine rings is 1. The van der Waals surface area contributed by atoms with Crippen LogP contribution < -0.4 is 16.0 Å². The van der Waals surface area contributed by atoms with E-state index in [2.05, 4.69) is 79.6 Å². The zero-order chi connectivity index (χ0) is 31.0. The van der Waals surface area contributed by atoms with Crippen molar-refractivity contribution >= 4 is 44.6 Å². The van der Waals surface area contributed by atoms with Gasteiger partial charge in [-0.3, -0.25) is 0 Å². The fraction of sp³-hybridized carbons (Fsp3) is 0.515. The highest BCUT2D eigenvalue weighted by Crippen LogP contribution is 2.34. The van der Waals surface area contributed by atoms with E-state index in [1.165, 1.54) is 23.7 Å². The van der Waals surface area contributed by atoms with E-state index in [4.69, 9.17) is 11.6 Å². The van der Waals surface area contributed by atoms with Crippen molar-refractivity contribution < 1.29 is 8.42 Å². The Morgan fingerprint density at radius 1 is 0.976 bits per heavy atom. The first kappa shape index (κ1) is 33.8. The molecule has 1 aliphatic heterocycles. The fourth-order valence-corrected chi connectivity index (χ4v) is 6.19. The Bertz CT molecular complexity index is 1440. The van der Waals surface area contributed by atoms with Crippen LogP contribution in [0.15, 0.2) is 47.5 Å². The first-order valence-electron chi connectivity index (χ1n) is 15.1. The lowest BCUT2D eigenvalue weighted by molar-refractivity contribution is 0.407. The molecule has 230 valence electrons. The number of rotatable bonds is 9. The molecule has 1 aliphatic rings. The Morgan fingerprint density at radius 3 is 2.24 bits per heavy atom. The van der Waals surface area contributed by atoms with Crippen LogP contribution in [0.2, 0.25) is 5.02 Å². The third-order valence-electron chi connectivity index (χ3n) is 8.23. The van der Waals surface area contributed by atoms with E-state index in [1.54, 1.807) is 38.1 Å². The monoisotopic (exact) mass is 613 g/mol. The van der Waals surface area contributed by atoms with Gasteiger partial charge >= 0.3 is 0 Å². The lowest BCUT2D eigenvalue weighted by Crippen LogP contribution is -2.27. The standard InChI is InChI=1S/C26H32ClN5O2S.C7H16/c1-16(2)35(33,34)24-8-6-5-7-22(24)30-25-21(27)15-29-26(32-25)31-23-14-17(3)20(13-18(23)4)19-9-11-28-12-10-19;1-5-7(4)6(2)3/h5-8,13-16,19,28H,9-12H2,1-4H3,(H2,29,30,31,32);6-7H,5H2,1-4H3. The van der Waals surface area contributed by atoms with Gasteiger partial charge in [-0.25, -0.2) is 13.4 Å². The van der Waals surface area contributed by atoms with Crippen LogP contribution in [0.5, 0.6) is 0 Å². The van der Waals surface area contributed by atoms with Crippen molar-refractivity contribution in [3.8, 4) is 0 Å². The van der Waals surface area contributed by atoms with Crippen molar-refractivity contribution in [2.45, 2.75) is 90.7 Å². The Morgan fingerprint density at radius 2 is 1.64 bits per heavy atom. The number of benzene rings is 2. The number of aryl methyl sites for hydroxylation is 2. The lowest BCUT2D eigenvalue weighted by atomic mass is 9.86. The average molecular weight is 614 g/mol. The minimum atomic E-state index is -3.49. The first-order chi connectivity index (χ1) is 19.8. The van der Waals surface area contributed by atoms with Gasteiger partial charge < -0.3 is 16.0 Å². The van der Waals surface area contributed by atoms with Crippen LogP contribution in [-0.4, -0.2) is 36.7 Å². The topological polar surface area (TPSA) is 96.0 Å². The van der Waals surface area contributed by atoms with Gasteiger partial charge in [0, 0.05) is 5.69 Å². The Labute approximate surface area is 258 Å². The average Bonchev–Trinajstić information content (AvgIpc) is 2.97. The van der Waals surface area contributed by atoms with Gasteiger partial charge in [0.1, 0.15) is 5.02 Å². The van der Waals surface area contributed by atoms with Crippen LogP contribution in [0.25, 0.3) is 0 Å². The second-order valence-corrected chi connectivity index (χ2v) is 14.8. The van der Waals surface area contributed by atoms with Crippen molar-refractivity contribution in [2.75, 3.05) is 23.7 Å². The van der Waals surface area contributed by atoms with Gasteiger partial charge in [-0.15, -0.1) is 0 Å². The molecule has 2 heterocycles. The molecule has 0 radical (unpaired) electrons. The number of halogens is 1. The minimum absolute atomic E-state index is 0.208. The number of hydrogen-bond donors (Lipinski definition) is 3. The first-order valence-corrected chi connectivity index (χ1v) is 17.0. The number of para-hydroxylation sites is 1. The van der Waals surface area contributed by atoms with Crippen LogP contribution in [-0.2, 0) is 9.84 Å². The fourth-order valence-electron chi connectivity index (χ4n) is 4.85. The van der Waals surface area contributed by atoms with E-state index in [-0.39, 0.29) is 4.90 Å². The van der Waals surface area contributed by atoms with Crippen molar-refractivity contribution in [2.24, 2.45) is 11.8 Å². The highest BCUT2D eigenvalue weighted by Gasteiger charge is 2.23. The molecule has 1 fully saturated rings. The molecule has 0 saturated carbocycles. The number of nitrogens with zero attached hydrogens (tertiary/aromatic N) is 2. The molecule has 1 atom stereocenters. The number of sulfone groups is 1. The molecule has 3 N–H and O–H groups in total. The molecule has 1 unspecified atom stereocenters. The second kappa shape index (κ2) is 15.2. The molecule has 7 nitrogen and oxygen atoms in total. The smallest absolute Gasteiger partial charge is 0.229 e. The van der Waals surface area contributed by atoms with E-state index in [0.29, 0.717) is 28.4 Å². The van der Waals surface area contributed by atoms with Crippen LogP contribution in [0, 0.1) is 25.7 Å². The van der Waals surface area contributed by atoms with Gasteiger partial charge in [0.2, 0.25) is 5.95 Å². The second-order valence-electron chi connectivity index (χ2n) is 11.9. The summed E-state index contributed by atoms with van der Waals surface area (Å²) in [6.45, 7) is 18.7. The summed E-state index contributed by atoms with van der Waals surface area (Å²) in [4.78, 5) is 9.09. The maximum Gasteiger partial charge on any atom is 0.229 e. The molecule has 9 heteroatoms. The summed E-state index contributed by atoms with van der Waals surface area (Å²) in [7, 11) is -3.49. The Balaban J connectivity index is 0.000000616. The predicted molar refractivity (Wildman–Crippen MR) is 177 cm³/mol. The van der Waals surface area contributed by atoms with E-state index in [9.17, 15) is 8.42 Å². The Hall–Kier alpha value is -2.68. The molecule has 3 aromatic rings.